The number of hydrogen-bond acceptors (Lipinski definition) is 2. The van der Waals surface area contributed by atoms with Gasteiger partial charge in [-0.2, -0.15) is 13.2 Å². The first kappa shape index (κ1) is 17.0. The van der Waals surface area contributed by atoms with Crippen LogP contribution in [0.3, 0.4) is 0 Å². The van der Waals surface area contributed by atoms with Gasteiger partial charge in [-0.15, -0.1) is 0 Å². The summed E-state index contributed by atoms with van der Waals surface area (Å²) in [6, 6.07) is 14.0. The van der Waals surface area contributed by atoms with Crippen molar-refractivity contribution in [1.29, 1.82) is 0 Å². The standard InChI is InChI=1S/C19H15F3N2O/c1-24(12-13-6-2-4-8-16(13)19(20,21)22)18(25)15-10-11-23-17-9-5-3-7-14(15)17/h2-11H,12H2,1H3. The lowest BCUT2D eigenvalue weighted by atomic mass is 10.1. The molecule has 128 valence electrons. The van der Waals surface area contributed by atoms with Crippen LogP contribution in [0.5, 0.6) is 0 Å². The van der Waals surface area contributed by atoms with Crippen molar-refractivity contribution in [1.82, 2.24) is 9.88 Å². The van der Waals surface area contributed by atoms with E-state index in [1.807, 2.05) is 6.07 Å². The van der Waals surface area contributed by atoms with Gasteiger partial charge in [-0.1, -0.05) is 36.4 Å². The van der Waals surface area contributed by atoms with Gasteiger partial charge in [0.25, 0.3) is 5.91 Å². The first-order valence-corrected chi connectivity index (χ1v) is 7.62. The molecule has 3 nitrogen and oxygen atoms in total. The molecule has 0 unspecified atom stereocenters. The molecule has 0 aliphatic heterocycles. The summed E-state index contributed by atoms with van der Waals surface area (Å²) in [5.41, 5.74) is 0.411. The molecule has 0 spiro atoms. The lowest BCUT2D eigenvalue weighted by Gasteiger charge is -2.21. The van der Waals surface area contributed by atoms with Crippen molar-refractivity contribution in [3.63, 3.8) is 0 Å². The van der Waals surface area contributed by atoms with E-state index in [0.717, 1.165) is 6.07 Å². The number of amides is 1. The molecule has 0 N–H and O–H groups in total. The molecule has 0 saturated carbocycles. The van der Waals surface area contributed by atoms with E-state index in [2.05, 4.69) is 4.98 Å². The van der Waals surface area contributed by atoms with Gasteiger partial charge in [0, 0.05) is 25.2 Å². The summed E-state index contributed by atoms with van der Waals surface area (Å²) in [7, 11) is 1.49. The number of fused-ring (bicyclic) bond motifs is 1. The Hall–Kier alpha value is -2.89. The predicted octanol–water partition coefficient (Wildman–Crippen LogP) is 4.53. The lowest BCUT2D eigenvalue weighted by Crippen LogP contribution is -2.27. The summed E-state index contributed by atoms with van der Waals surface area (Å²) in [5, 5.41) is 0.672. The van der Waals surface area contributed by atoms with E-state index in [-0.39, 0.29) is 18.0 Å². The minimum atomic E-state index is -4.45. The van der Waals surface area contributed by atoms with Gasteiger partial charge in [0.05, 0.1) is 16.6 Å². The predicted molar refractivity (Wildman–Crippen MR) is 89.0 cm³/mol. The van der Waals surface area contributed by atoms with Crippen LogP contribution in [0.1, 0.15) is 21.5 Å². The Morgan fingerprint density at radius 3 is 2.48 bits per heavy atom. The molecular formula is C19H15F3N2O. The molecule has 3 rings (SSSR count). The van der Waals surface area contributed by atoms with Gasteiger partial charge in [0.1, 0.15) is 0 Å². The summed E-state index contributed by atoms with van der Waals surface area (Å²) in [4.78, 5) is 18.2. The van der Waals surface area contributed by atoms with Crippen molar-refractivity contribution >= 4 is 16.8 Å². The zero-order valence-electron chi connectivity index (χ0n) is 13.4. The van der Waals surface area contributed by atoms with Crippen molar-refractivity contribution in [2.45, 2.75) is 12.7 Å². The lowest BCUT2D eigenvalue weighted by molar-refractivity contribution is -0.138. The van der Waals surface area contributed by atoms with Crippen LogP contribution in [0.25, 0.3) is 10.9 Å². The second-order valence-corrected chi connectivity index (χ2v) is 5.69. The third-order valence-electron chi connectivity index (χ3n) is 3.96. The Balaban J connectivity index is 1.92. The van der Waals surface area contributed by atoms with Crippen molar-refractivity contribution in [3.05, 3.63) is 77.5 Å². The number of carbonyl (C=O) groups excluding carboxylic acids is 1. The minimum Gasteiger partial charge on any atom is -0.337 e. The largest absolute Gasteiger partial charge is 0.416 e. The molecule has 2 aromatic carbocycles. The average Bonchev–Trinajstić information content (AvgIpc) is 2.60. The Bertz CT molecular complexity index is 916. The summed E-state index contributed by atoms with van der Waals surface area (Å²) >= 11 is 0. The van der Waals surface area contributed by atoms with Crippen LogP contribution in [-0.4, -0.2) is 22.8 Å². The normalized spacial score (nSPS) is 11.5. The molecule has 0 saturated heterocycles. The first-order chi connectivity index (χ1) is 11.9. The van der Waals surface area contributed by atoms with E-state index in [1.165, 1.54) is 36.3 Å². The highest BCUT2D eigenvalue weighted by Crippen LogP contribution is 2.32. The van der Waals surface area contributed by atoms with Crippen molar-refractivity contribution < 1.29 is 18.0 Å². The van der Waals surface area contributed by atoms with E-state index in [9.17, 15) is 18.0 Å². The zero-order valence-corrected chi connectivity index (χ0v) is 13.4. The van der Waals surface area contributed by atoms with E-state index in [1.54, 1.807) is 24.3 Å². The van der Waals surface area contributed by atoms with Crippen molar-refractivity contribution in [2.75, 3.05) is 7.05 Å². The Morgan fingerprint density at radius 2 is 1.72 bits per heavy atom. The molecule has 0 atom stereocenters. The molecule has 1 aromatic heterocycles. The average molecular weight is 344 g/mol. The fraction of sp³-hybridized carbons (Fsp3) is 0.158. The number of halogens is 3. The van der Waals surface area contributed by atoms with Crippen molar-refractivity contribution in [3.8, 4) is 0 Å². The molecule has 1 amide bonds. The van der Waals surface area contributed by atoms with Gasteiger partial charge in [0.15, 0.2) is 0 Å². The van der Waals surface area contributed by atoms with Gasteiger partial charge in [0.2, 0.25) is 0 Å². The fourth-order valence-electron chi connectivity index (χ4n) is 2.75. The molecule has 1 heterocycles. The third kappa shape index (κ3) is 3.47. The quantitative estimate of drug-likeness (QED) is 0.700. The van der Waals surface area contributed by atoms with Crippen LogP contribution in [0.2, 0.25) is 0 Å². The molecule has 3 aromatic rings. The minimum absolute atomic E-state index is 0.0595. The van der Waals surface area contributed by atoms with Crippen LogP contribution in [0.15, 0.2) is 60.8 Å². The molecule has 0 bridgehead atoms. The Labute approximate surface area is 142 Å². The number of aromatic nitrogens is 1. The molecule has 0 radical (unpaired) electrons. The van der Waals surface area contributed by atoms with Crippen LogP contribution in [0.4, 0.5) is 13.2 Å². The van der Waals surface area contributed by atoms with Gasteiger partial charge >= 0.3 is 6.18 Å². The number of rotatable bonds is 3. The highest BCUT2D eigenvalue weighted by molar-refractivity contribution is 6.05. The fourth-order valence-corrected chi connectivity index (χ4v) is 2.75. The number of benzene rings is 2. The van der Waals surface area contributed by atoms with Crippen LogP contribution < -0.4 is 0 Å². The maximum atomic E-state index is 13.1. The summed E-state index contributed by atoms with van der Waals surface area (Å²) in [6.07, 6.45) is -2.93. The molecule has 25 heavy (non-hydrogen) atoms. The molecule has 0 aliphatic carbocycles. The van der Waals surface area contributed by atoms with Gasteiger partial charge in [-0.3, -0.25) is 9.78 Å². The van der Waals surface area contributed by atoms with Crippen LogP contribution in [-0.2, 0) is 12.7 Å². The Kier molecular flexibility index (Phi) is 4.44. The molecular weight excluding hydrogens is 329 g/mol. The maximum Gasteiger partial charge on any atom is 0.416 e. The van der Waals surface area contributed by atoms with Crippen LogP contribution >= 0.6 is 0 Å². The second kappa shape index (κ2) is 6.55. The number of hydrogen-bond donors (Lipinski definition) is 0. The highest BCUT2D eigenvalue weighted by atomic mass is 19.4. The maximum absolute atomic E-state index is 13.1. The number of carbonyl (C=O) groups is 1. The number of nitrogens with zero attached hydrogens (tertiary/aromatic N) is 2. The third-order valence-corrected chi connectivity index (χ3v) is 3.96. The summed E-state index contributed by atoms with van der Waals surface area (Å²) < 4.78 is 39.4. The number of pyridine rings is 1. The van der Waals surface area contributed by atoms with Gasteiger partial charge < -0.3 is 4.90 Å². The van der Waals surface area contributed by atoms with E-state index in [0.29, 0.717) is 16.5 Å². The number of alkyl halides is 3. The second-order valence-electron chi connectivity index (χ2n) is 5.69. The monoisotopic (exact) mass is 344 g/mol. The highest BCUT2D eigenvalue weighted by Gasteiger charge is 2.33. The molecule has 6 heteroatoms. The van der Waals surface area contributed by atoms with Gasteiger partial charge in [-0.25, -0.2) is 0 Å². The van der Waals surface area contributed by atoms with Crippen LogP contribution in [0, 0.1) is 0 Å². The first-order valence-electron chi connectivity index (χ1n) is 7.62. The SMILES string of the molecule is CN(Cc1ccccc1C(F)(F)F)C(=O)c1ccnc2ccccc12. The zero-order chi connectivity index (χ0) is 18.0. The van der Waals surface area contributed by atoms with Gasteiger partial charge in [-0.05, 0) is 23.8 Å². The summed E-state index contributed by atoms with van der Waals surface area (Å²) in [5.74, 6) is -0.351. The summed E-state index contributed by atoms with van der Waals surface area (Å²) in [6.45, 7) is -0.134. The topological polar surface area (TPSA) is 33.2 Å². The van der Waals surface area contributed by atoms with E-state index < -0.39 is 11.7 Å². The molecule has 0 fully saturated rings. The Morgan fingerprint density at radius 1 is 1.04 bits per heavy atom. The van der Waals surface area contributed by atoms with E-state index in [4.69, 9.17) is 0 Å². The van der Waals surface area contributed by atoms with Crippen molar-refractivity contribution in [2.24, 2.45) is 0 Å². The smallest absolute Gasteiger partial charge is 0.337 e. The molecule has 0 aliphatic rings. The van der Waals surface area contributed by atoms with E-state index >= 15 is 0 Å². The number of para-hydroxylation sites is 1.